The van der Waals surface area contributed by atoms with Crippen LogP contribution in [0.3, 0.4) is 0 Å². The van der Waals surface area contributed by atoms with Crippen molar-refractivity contribution in [2.24, 2.45) is 0 Å². The van der Waals surface area contributed by atoms with Gasteiger partial charge in [-0.3, -0.25) is 4.79 Å². The Balaban J connectivity index is 1.74. The molecule has 0 aromatic carbocycles. The number of nitrogens with zero attached hydrogens (tertiary/aromatic N) is 2. The second kappa shape index (κ2) is 4.03. The molecule has 0 aliphatic carbocycles. The van der Waals surface area contributed by atoms with Crippen molar-refractivity contribution >= 4 is 29.3 Å². The predicted octanol–water partition coefficient (Wildman–Crippen LogP) is 0.774. The first-order valence-corrected chi connectivity index (χ1v) is 6.49. The van der Waals surface area contributed by atoms with Gasteiger partial charge in [0.2, 0.25) is 0 Å². The summed E-state index contributed by atoms with van der Waals surface area (Å²) in [6, 6.07) is 2.22. The summed E-state index contributed by atoms with van der Waals surface area (Å²) in [6.45, 7) is 3.15. The molecule has 1 aromatic heterocycles. The average Bonchev–Trinajstić information content (AvgIpc) is 2.96. The van der Waals surface area contributed by atoms with Gasteiger partial charge in [-0.1, -0.05) is 0 Å². The van der Waals surface area contributed by atoms with E-state index in [0.717, 1.165) is 43.0 Å². The fourth-order valence-electron chi connectivity index (χ4n) is 2.41. The van der Waals surface area contributed by atoms with Gasteiger partial charge in [-0.15, -0.1) is 11.3 Å². The third-order valence-corrected chi connectivity index (χ3v) is 4.17. The summed E-state index contributed by atoms with van der Waals surface area (Å²) >= 11 is 1.46. The number of hydrogen-bond donors (Lipinski definition) is 1. The smallest absolute Gasteiger partial charge is 0.317 e. The van der Waals surface area contributed by atoms with E-state index < -0.39 is 0 Å². The molecule has 1 unspecified atom stereocenters. The largest absolute Gasteiger partial charge is 0.367 e. The van der Waals surface area contributed by atoms with E-state index in [0.29, 0.717) is 0 Å². The normalized spacial score (nSPS) is 23.5. The summed E-state index contributed by atoms with van der Waals surface area (Å²) in [5, 5.41) is 4.86. The van der Waals surface area contributed by atoms with Crippen molar-refractivity contribution in [3.8, 4) is 0 Å². The molecule has 0 radical (unpaired) electrons. The SMILES string of the molecule is O=Cc1cc(N2CCN3C(=O)NCC3C2)cs1. The maximum Gasteiger partial charge on any atom is 0.317 e. The standard InChI is InChI=1S/C11H13N3O2S/c15-6-10-3-8(7-17-10)13-1-2-14-9(5-13)4-12-11(14)16/h3,6-7,9H,1-2,4-5H2,(H,12,16). The molecule has 3 heterocycles. The predicted molar refractivity (Wildman–Crippen MR) is 65.8 cm³/mol. The number of carbonyl (C=O) groups excluding carboxylic acids is 2. The molecular formula is C11H13N3O2S. The molecule has 90 valence electrons. The second-order valence-corrected chi connectivity index (χ2v) is 5.25. The number of hydrogen-bond acceptors (Lipinski definition) is 4. The van der Waals surface area contributed by atoms with E-state index in [4.69, 9.17) is 0 Å². The van der Waals surface area contributed by atoms with Crippen LogP contribution in [0.25, 0.3) is 0 Å². The molecule has 6 heteroatoms. The molecule has 3 rings (SSSR count). The molecular weight excluding hydrogens is 238 g/mol. The zero-order chi connectivity index (χ0) is 11.8. The van der Waals surface area contributed by atoms with Gasteiger partial charge in [0.1, 0.15) is 0 Å². The third-order valence-electron chi connectivity index (χ3n) is 3.32. The van der Waals surface area contributed by atoms with Crippen LogP contribution in [0.1, 0.15) is 9.67 Å². The fraction of sp³-hybridized carbons (Fsp3) is 0.455. The lowest BCUT2D eigenvalue weighted by Gasteiger charge is -2.37. The van der Waals surface area contributed by atoms with Crippen molar-refractivity contribution < 1.29 is 9.59 Å². The highest BCUT2D eigenvalue weighted by molar-refractivity contribution is 7.12. The van der Waals surface area contributed by atoms with Crippen LogP contribution in [0, 0.1) is 0 Å². The molecule has 2 saturated heterocycles. The lowest BCUT2D eigenvalue weighted by Crippen LogP contribution is -2.52. The summed E-state index contributed by atoms with van der Waals surface area (Å²) in [4.78, 5) is 27.0. The van der Waals surface area contributed by atoms with Gasteiger partial charge in [-0.25, -0.2) is 4.79 Å². The molecule has 2 amide bonds. The maximum absolute atomic E-state index is 11.5. The number of anilines is 1. The monoisotopic (exact) mass is 251 g/mol. The Kier molecular flexibility index (Phi) is 2.51. The Labute approximate surface area is 103 Å². The van der Waals surface area contributed by atoms with E-state index in [1.807, 2.05) is 16.3 Å². The highest BCUT2D eigenvalue weighted by Gasteiger charge is 2.35. The molecule has 2 aliphatic heterocycles. The molecule has 1 atom stereocenters. The van der Waals surface area contributed by atoms with E-state index in [2.05, 4.69) is 10.2 Å². The van der Waals surface area contributed by atoms with Gasteiger partial charge in [0.15, 0.2) is 6.29 Å². The van der Waals surface area contributed by atoms with E-state index in [-0.39, 0.29) is 12.1 Å². The highest BCUT2D eigenvalue weighted by atomic mass is 32.1. The van der Waals surface area contributed by atoms with Crippen molar-refractivity contribution in [3.05, 3.63) is 16.3 Å². The van der Waals surface area contributed by atoms with E-state index in [1.165, 1.54) is 11.3 Å². The highest BCUT2D eigenvalue weighted by Crippen LogP contribution is 2.25. The molecule has 2 fully saturated rings. The van der Waals surface area contributed by atoms with Gasteiger partial charge >= 0.3 is 6.03 Å². The number of aldehydes is 1. The van der Waals surface area contributed by atoms with Crippen LogP contribution in [0.4, 0.5) is 10.5 Å². The first kappa shape index (κ1) is 10.6. The summed E-state index contributed by atoms with van der Waals surface area (Å²) < 4.78 is 0. The Morgan fingerprint density at radius 2 is 2.35 bits per heavy atom. The van der Waals surface area contributed by atoms with Crippen LogP contribution in [0.2, 0.25) is 0 Å². The molecule has 0 bridgehead atoms. The summed E-state index contributed by atoms with van der Waals surface area (Å²) in [7, 11) is 0. The number of fused-ring (bicyclic) bond motifs is 1. The molecule has 2 aliphatic rings. The minimum atomic E-state index is 0.0496. The molecule has 1 aromatic rings. The topological polar surface area (TPSA) is 52.7 Å². The second-order valence-electron chi connectivity index (χ2n) is 4.30. The van der Waals surface area contributed by atoms with Gasteiger partial charge in [0, 0.05) is 37.2 Å². The van der Waals surface area contributed by atoms with E-state index in [9.17, 15) is 9.59 Å². The van der Waals surface area contributed by atoms with Gasteiger partial charge in [0.25, 0.3) is 0 Å². The molecule has 1 N–H and O–H groups in total. The fourth-order valence-corrected chi connectivity index (χ4v) is 3.13. The molecule has 5 nitrogen and oxygen atoms in total. The minimum Gasteiger partial charge on any atom is -0.367 e. The molecule has 0 saturated carbocycles. The Bertz CT molecular complexity index is 459. The minimum absolute atomic E-state index is 0.0496. The molecule has 0 spiro atoms. The number of amides is 2. The van der Waals surface area contributed by atoms with E-state index in [1.54, 1.807) is 0 Å². The van der Waals surface area contributed by atoms with Crippen molar-refractivity contribution in [2.75, 3.05) is 31.1 Å². The van der Waals surface area contributed by atoms with Crippen molar-refractivity contribution in [2.45, 2.75) is 6.04 Å². The van der Waals surface area contributed by atoms with Gasteiger partial charge in [-0.05, 0) is 6.07 Å². The van der Waals surface area contributed by atoms with Gasteiger partial charge in [-0.2, -0.15) is 0 Å². The lowest BCUT2D eigenvalue weighted by molar-refractivity contribution is 0.112. The van der Waals surface area contributed by atoms with Gasteiger partial charge in [0.05, 0.1) is 10.9 Å². The number of nitrogens with one attached hydrogen (secondary N) is 1. The molecule has 17 heavy (non-hydrogen) atoms. The van der Waals surface area contributed by atoms with Crippen molar-refractivity contribution in [1.29, 1.82) is 0 Å². The van der Waals surface area contributed by atoms with Crippen LogP contribution < -0.4 is 10.2 Å². The lowest BCUT2D eigenvalue weighted by atomic mass is 10.2. The zero-order valence-electron chi connectivity index (χ0n) is 9.26. The first-order valence-electron chi connectivity index (χ1n) is 5.61. The number of urea groups is 1. The van der Waals surface area contributed by atoms with Crippen molar-refractivity contribution in [1.82, 2.24) is 10.2 Å². The number of thiophene rings is 1. The number of carbonyl (C=O) groups is 2. The zero-order valence-corrected chi connectivity index (χ0v) is 10.1. The summed E-state index contributed by atoms with van der Waals surface area (Å²) in [6.07, 6.45) is 0.880. The van der Waals surface area contributed by atoms with Gasteiger partial charge < -0.3 is 15.1 Å². The van der Waals surface area contributed by atoms with Crippen molar-refractivity contribution in [3.63, 3.8) is 0 Å². The third kappa shape index (κ3) is 1.78. The number of rotatable bonds is 2. The van der Waals surface area contributed by atoms with Crippen LogP contribution >= 0.6 is 11.3 Å². The Hall–Kier alpha value is -1.56. The number of piperazine rings is 1. The van der Waals surface area contributed by atoms with E-state index >= 15 is 0 Å². The van der Waals surface area contributed by atoms with Crippen LogP contribution in [0.5, 0.6) is 0 Å². The maximum atomic E-state index is 11.5. The summed E-state index contributed by atoms with van der Waals surface area (Å²) in [5.74, 6) is 0. The Morgan fingerprint density at radius 1 is 1.47 bits per heavy atom. The Morgan fingerprint density at radius 3 is 3.12 bits per heavy atom. The average molecular weight is 251 g/mol. The van der Waals surface area contributed by atoms with Crippen LogP contribution in [-0.4, -0.2) is 49.4 Å². The first-order chi connectivity index (χ1) is 8.28. The van der Waals surface area contributed by atoms with Crippen LogP contribution in [0.15, 0.2) is 11.4 Å². The van der Waals surface area contributed by atoms with Crippen LogP contribution in [-0.2, 0) is 0 Å². The summed E-state index contributed by atoms with van der Waals surface area (Å²) in [5.41, 5.74) is 1.09. The quantitative estimate of drug-likeness (QED) is 0.790.